The van der Waals surface area contributed by atoms with E-state index in [0.29, 0.717) is 42.8 Å². The lowest BCUT2D eigenvalue weighted by atomic mass is 10.0. The van der Waals surface area contributed by atoms with Gasteiger partial charge in [0.1, 0.15) is 17.3 Å². The van der Waals surface area contributed by atoms with Gasteiger partial charge in [-0.2, -0.15) is 0 Å². The highest BCUT2D eigenvalue weighted by atomic mass is 19.1. The van der Waals surface area contributed by atoms with Crippen LogP contribution in [0.3, 0.4) is 0 Å². The van der Waals surface area contributed by atoms with Crippen molar-refractivity contribution in [2.24, 2.45) is 5.92 Å². The van der Waals surface area contributed by atoms with Crippen LogP contribution in [0.4, 0.5) is 4.39 Å². The summed E-state index contributed by atoms with van der Waals surface area (Å²) in [6, 6.07) is 11.0. The van der Waals surface area contributed by atoms with E-state index in [-0.39, 0.29) is 5.56 Å². The van der Waals surface area contributed by atoms with Gasteiger partial charge in [-0.25, -0.2) is 9.18 Å². The summed E-state index contributed by atoms with van der Waals surface area (Å²) in [6.45, 7) is 6.02. The fraction of sp³-hybridized carbons (Fsp3) is 0.500. The molecule has 32 heavy (non-hydrogen) atoms. The third kappa shape index (κ3) is 7.04. The molecule has 2 aromatic carbocycles. The predicted octanol–water partition coefficient (Wildman–Crippen LogP) is 6.47. The third-order valence-electron chi connectivity index (χ3n) is 5.47. The molecule has 0 saturated carbocycles. The van der Waals surface area contributed by atoms with Crippen molar-refractivity contribution < 1.29 is 28.1 Å². The minimum Gasteiger partial charge on any atom is -0.494 e. The van der Waals surface area contributed by atoms with Crippen LogP contribution in [0, 0.1) is 11.7 Å². The molecule has 1 saturated heterocycles. The SMILES string of the molecule is CCCCCC1COC(c2ccc(C(=O)Oc3ccc(OCCCC)cc3)cc2F)OC1. The maximum Gasteiger partial charge on any atom is 0.343 e. The summed E-state index contributed by atoms with van der Waals surface area (Å²) < 4.78 is 37.1. The van der Waals surface area contributed by atoms with Gasteiger partial charge in [0.2, 0.25) is 0 Å². The Morgan fingerprint density at radius 3 is 2.31 bits per heavy atom. The first-order valence-electron chi connectivity index (χ1n) is 11.6. The smallest absolute Gasteiger partial charge is 0.343 e. The van der Waals surface area contributed by atoms with E-state index < -0.39 is 18.1 Å². The van der Waals surface area contributed by atoms with Crippen molar-refractivity contribution in [3.05, 3.63) is 59.4 Å². The van der Waals surface area contributed by atoms with Crippen LogP contribution in [-0.4, -0.2) is 25.8 Å². The van der Waals surface area contributed by atoms with Crippen LogP contribution < -0.4 is 9.47 Å². The summed E-state index contributed by atoms with van der Waals surface area (Å²) in [6.07, 6.45) is 5.87. The van der Waals surface area contributed by atoms with Crippen LogP contribution in [0.2, 0.25) is 0 Å². The van der Waals surface area contributed by atoms with Crippen LogP contribution in [0.25, 0.3) is 0 Å². The second-order valence-electron chi connectivity index (χ2n) is 8.16. The van der Waals surface area contributed by atoms with E-state index in [9.17, 15) is 9.18 Å². The van der Waals surface area contributed by atoms with Crippen LogP contribution in [0.1, 0.15) is 74.6 Å². The molecule has 0 unspecified atom stereocenters. The maximum atomic E-state index is 14.7. The molecule has 0 atom stereocenters. The second kappa shape index (κ2) is 12.6. The van der Waals surface area contributed by atoms with Gasteiger partial charge in [-0.3, -0.25) is 0 Å². The number of rotatable bonds is 11. The van der Waals surface area contributed by atoms with Crippen molar-refractivity contribution >= 4 is 5.97 Å². The Morgan fingerprint density at radius 1 is 0.969 bits per heavy atom. The lowest BCUT2D eigenvalue weighted by Gasteiger charge is -2.29. The zero-order valence-electron chi connectivity index (χ0n) is 19.0. The van der Waals surface area contributed by atoms with Crippen molar-refractivity contribution in [3.8, 4) is 11.5 Å². The molecule has 0 aromatic heterocycles. The van der Waals surface area contributed by atoms with Crippen LogP contribution in [0.15, 0.2) is 42.5 Å². The first-order chi connectivity index (χ1) is 15.6. The van der Waals surface area contributed by atoms with E-state index in [0.717, 1.165) is 25.7 Å². The Labute approximate surface area is 189 Å². The minimum absolute atomic E-state index is 0.128. The quantitative estimate of drug-likeness (QED) is 0.226. The molecule has 0 N–H and O–H groups in total. The van der Waals surface area contributed by atoms with Gasteiger partial charge in [-0.05, 0) is 49.2 Å². The molecule has 5 nitrogen and oxygen atoms in total. The molecule has 2 aromatic rings. The van der Waals surface area contributed by atoms with E-state index in [2.05, 4.69) is 13.8 Å². The minimum atomic E-state index is -0.747. The monoisotopic (exact) mass is 444 g/mol. The summed E-state index contributed by atoms with van der Waals surface area (Å²) in [4.78, 5) is 12.4. The van der Waals surface area contributed by atoms with E-state index in [4.69, 9.17) is 18.9 Å². The Bertz CT molecular complexity index is 844. The Balaban J connectivity index is 1.53. The van der Waals surface area contributed by atoms with Crippen molar-refractivity contribution in [2.75, 3.05) is 19.8 Å². The number of hydrogen-bond donors (Lipinski definition) is 0. The Kier molecular flexibility index (Phi) is 9.50. The van der Waals surface area contributed by atoms with Gasteiger partial charge in [0.05, 0.1) is 25.4 Å². The average Bonchev–Trinajstić information content (AvgIpc) is 2.81. The standard InChI is InChI=1S/C26H33FO5/c1-3-5-7-8-19-17-30-26(31-18-19)23-14-9-20(16-24(23)27)25(28)32-22-12-10-21(11-13-22)29-15-6-4-2/h9-14,16,19,26H,3-8,15,17-18H2,1-2H3. The summed E-state index contributed by atoms with van der Waals surface area (Å²) in [5, 5.41) is 0. The number of carbonyl (C=O) groups excluding carboxylic acids is 1. The molecule has 0 amide bonds. The molecule has 1 fully saturated rings. The van der Waals surface area contributed by atoms with Crippen LogP contribution in [-0.2, 0) is 9.47 Å². The number of carbonyl (C=O) groups is 1. The average molecular weight is 445 g/mol. The highest BCUT2D eigenvalue weighted by Gasteiger charge is 2.26. The molecule has 1 aliphatic heterocycles. The van der Waals surface area contributed by atoms with Gasteiger partial charge in [-0.1, -0.05) is 45.6 Å². The number of hydrogen-bond acceptors (Lipinski definition) is 5. The predicted molar refractivity (Wildman–Crippen MR) is 120 cm³/mol. The Hall–Kier alpha value is -2.44. The topological polar surface area (TPSA) is 54.0 Å². The van der Waals surface area contributed by atoms with Gasteiger partial charge in [-0.15, -0.1) is 0 Å². The fourth-order valence-corrected chi connectivity index (χ4v) is 3.52. The van der Waals surface area contributed by atoms with E-state index in [1.54, 1.807) is 24.3 Å². The molecule has 3 rings (SSSR count). The number of esters is 1. The zero-order valence-corrected chi connectivity index (χ0v) is 19.0. The third-order valence-corrected chi connectivity index (χ3v) is 5.47. The van der Waals surface area contributed by atoms with Crippen molar-refractivity contribution in [1.82, 2.24) is 0 Å². The second-order valence-corrected chi connectivity index (χ2v) is 8.16. The van der Waals surface area contributed by atoms with Crippen LogP contribution >= 0.6 is 0 Å². The fourth-order valence-electron chi connectivity index (χ4n) is 3.52. The first kappa shape index (κ1) is 24.2. The number of benzene rings is 2. The van der Waals surface area contributed by atoms with E-state index in [1.807, 2.05) is 0 Å². The van der Waals surface area contributed by atoms with Crippen molar-refractivity contribution in [1.29, 1.82) is 0 Å². The lowest BCUT2D eigenvalue weighted by Crippen LogP contribution is -2.27. The molecule has 0 spiro atoms. The Morgan fingerprint density at radius 2 is 1.66 bits per heavy atom. The number of halogens is 1. The van der Waals surface area contributed by atoms with Crippen LogP contribution in [0.5, 0.6) is 11.5 Å². The molecule has 1 heterocycles. The molecule has 174 valence electrons. The summed E-state index contributed by atoms with van der Waals surface area (Å²) >= 11 is 0. The summed E-state index contributed by atoms with van der Waals surface area (Å²) in [7, 11) is 0. The molecule has 0 bridgehead atoms. The maximum absolute atomic E-state index is 14.7. The number of ether oxygens (including phenoxy) is 4. The van der Waals surface area contributed by atoms with Crippen molar-refractivity contribution in [3.63, 3.8) is 0 Å². The number of unbranched alkanes of at least 4 members (excludes halogenated alkanes) is 3. The molecular weight excluding hydrogens is 411 g/mol. The first-order valence-corrected chi connectivity index (χ1v) is 11.6. The molecule has 6 heteroatoms. The molecular formula is C26H33FO5. The highest BCUT2D eigenvalue weighted by molar-refractivity contribution is 5.91. The zero-order chi connectivity index (χ0) is 22.8. The van der Waals surface area contributed by atoms with E-state index >= 15 is 0 Å². The highest BCUT2D eigenvalue weighted by Crippen LogP contribution is 2.29. The van der Waals surface area contributed by atoms with Gasteiger partial charge < -0.3 is 18.9 Å². The lowest BCUT2D eigenvalue weighted by molar-refractivity contribution is -0.207. The van der Waals surface area contributed by atoms with Gasteiger partial charge in [0.15, 0.2) is 6.29 Å². The van der Waals surface area contributed by atoms with Crippen molar-refractivity contribution in [2.45, 2.75) is 58.7 Å². The van der Waals surface area contributed by atoms with Gasteiger partial charge >= 0.3 is 5.97 Å². The largest absolute Gasteiger partial charge is 0.494 e. The summed E-state index contributed by atoms with van der Waals surface area (Å²) in [5.41, 5.74) is 0.421. The molecule has 1 aliphatic rings. The molecule has 0 aliphatic carbocycles. The van der Waals surface area contributed by atoms with E-state index in [1.165, 1.54) is 31.0 Å². The van der Waals surface area contributed by atoms with Gasteiger partial charge in [0, 0.05) is 11.5 Å². The summed E-state index contributed by atoms with van der Waals surface area (Å²) in [5.74, 6) is 0.257. The molecule has 0 radical (unpaired) electrons. The van der Waals surface area contributed by atoms with Gasteiger partial charge in [0.25, 0.3) is 0 Å². The normalized spacial score (nSPS) is 18.3.